The van der Waals surface area contributed by atoms with Crippen molar-refractivity contribution in [1.82, 2.24) is 5.01 Å². The minimum Gasteiger partial charge on any atom is -0.255 e. The summed E-state index contributed by atoms with van der Waals surface area (Å²) in [6, 6.07) is 0.840. The van der Waals surface area contributed by atoms with E-state index in [9.17, 15) is 4.91 Å². The lowest BCUT2D eigenvalue weighted by Gasteiger charge is -2.44. The average molecular weight is 182 g/mol. The van der Waals surface area contributed by atoms with Gasteiger partial charge in [0.05, 0.1) is 11.3 Å². The van der Waals surface area contributed by atoms with Gasteiger partial charge in [0.1, 0.15) is 0 Å². The summed E-state index contributed by atoms with van der Waals surface area (Å²) in [7, 11) is 0. The summed E-state index contributed by atoms with van der Waals surface area (Å²) in [6.07, 6.45) is 7.57. The van der Waals surface area contributed by atoms with Crippen LogP contribution in [-0.2, 0) is 0 Å². The summed E-state index contributed by atoms with van der Waals surface area (Å²) >= 11 is 0. The van der Waals surface area contributed by atoms with Crippen LogP contribution in [-0.4, -0.2) is 17.1 Å². The van der Waals surface area contributed by atoms with Crippen LogP contribution in [0.5, 0.6) is 0 Å². The first-order valence-electron chi connectivity index (χ1n) is 5.44. The van der Waals surface area contributed by atoms with E-state index in [1.807, 2.05) is 5.01 Å². The predicted octanol–water partition coefficient (Wildman–Crippen LogP) is 2.71. The van der Waals surface area contributed by atoms with Gasteiger partial charge in [0.25, 0.3) is 0 Å². The minimum absolute atomic E-state index is 0.372. The number of nitrogens with zero attached hydrogens (tertiary/aromatic N) is 2. The zero-order valence-electron chi connectivity index (χ0n) is 8.28. The van der Waals surface area contributed by atoms with Crippen LogP contribution < -0.4 is 0 Å². The molecule has 3 atom stereocenters. The highest BCUT2D eigenvalue weighted by molar-refractivity contribution is 4.88. The summed E-state index contributed by atoms with van der Waals surface area (Å²) in [5.41, 5.74) is 0. The fourth-order valence-electron chi connectivity index (χ4n) is 2.93. The van der Waals surface area contributed by atoms with Gasteiger partial charge in [-0.05, 0) is 38.5 Å². The number of hydrogen-bond donors (Lipinski definition) is 0. The number of piperidine rings is 1. The molecule has 1 heterocycles. The second kappa shape index (κ2) is 3.64. The molecule has 1 saturated heterocycles. The quantitative estimate of drug-likeness (QED) is 0.584. The molecule has 0 aromatic rings. The Balaban J connectivity index is 2.09. The van der Waals surface area contributed by atoms with Crippen molar-refractivity contribution in [1.29, 1.82) is 0 Å². The fourth-order valence-corrected chi connectivity index (χ4v) is 2.93. The van der Waals surface area contributed by atoms with Crippen molar-refractivity contribution in [3.05, 3.63) is 4.91 Å². The first-order valence-corrected chi connectivity index (χ1v) is 5.44. The van der Waals surface area contributed by atoms with Crippen molar-refractivity contribution < 1.29 is 0 Å². The van der Waals surface area contributed by atoms with Crippen LogP contribution in [0.1, 0.15) is 45.4 Å². The lowest BCUT2D eigenvalue weighted by molar-refractivity contribution is 0.0227. The predicted molar refractivity (Wildman–Crippen MR) is 52.1 cm³/mol. The molecule has 2 aliphatic rings. The molecule has 3 heteroatoms. The topological polar surface area (TPSA) is 32.7 Å². The SMILES string of the molecule is CC1CCC2CCCCC2N1N=O. The van der Waals surface area contributed by atoms with Crippen molar-refractivity contribution in [3.63, 3.8) is 0 Å². The maximum Gasteiger partial charge on any atom is 0.0534 e. The Morgan fingerprint density at radius 2 is 1.92 bits per heavy atom. The van der Waals surface area contributed by atoms with Crippen LogP contribution in [0.4, 0.5) is 0 Å². The fraction of sp³-hybridized carbons (Fsp3) is 1.00. The van der Waals surface area contributed by atoms with Crippen LogP contribution >= 0.6 is 0 Å². The zero-order chi connectivity index (χ0) is 9.26. The van der Waals surface area contributed by atoms with E-state index in [1.165, 1.54) is 32.1 Å². The molecule has 0 amide bonds. The molecule has 0 aromatic heterocycles. The Morgan fingerprint density at radius 1 is 1.15 bits per heavy atom. The molecule has 3 unspecified atom stereocenters. The molecule has 74 valence electrons. The molecule has 2 rings (SSSR count). The average Bonchev–Trinajstić information content (AvgIpc) is 2.18. The Kier molecular flexibility index (Phi) is 2.51. The molecule has 13 heavy (non-hydrogen) atoms. The van der Waals surface area contributed by atoms with E-state index in [-0.39, 0.29) is 0 Å². The van der Waals surface area contributed by atoms with E-state index in [0.717, 1.165) is 12.3 Å². The third-order valence-corrected chi connectivity index (χ3v) is 3.71. The monoisotopic (exact) mass is 182 g/mol. The van der Waals surface area contributed by atoms with E-state index >= 15 is 0 Å². The number of nitroso groups, excluding NO2 is 1. The van der Waals surface area contributed by atoms with Gasteiger partial charge >= 0.3 is 0 Å². The van der Waals surface area contributed by atoms with Crippen LogP contribution in [0.2, 0.25) is 0 Å². The number of fused-ring (bicyclic) bond motifs is 1. The summed E-state index contributed by atoms with van der Waals surface area (Å²) in [4.78, 5) is 10.7. The number of rotatable bonds is 1. The molecule has 2 fully saturated rings. The van der Waals surface area contributed by atoms with Gasteiger partial charge in [-0.3, -0.25) is 5.01 Å². The standard InChI is InChI=1S/C10H18N2O/c1-8-6-7-9-4-2-3-5-10(9)12(8)11-13/h8-10H,2-7H2,1H3. The Morgan fingerprint density at radius 3 is 2.69 bits per heavy atom. The summed E-state index contributed by atoms with van der Waals surface area (Å²) in [6.45, 7) is 2.12. The van der Waals surface area contributed by atoms with Gasteiger partial charge < -0.3 is 0 Å². The van der Waals surface area contributed by atoms with Gasteiger partial charge in [0.15, 0.2) is 0 Å². The Bertz CT molecular complexity index is 195. The van der Waals surface area contributed by atoms with E-state index < -0.39 is 0 Å². The lowest BCUT2D eigenvalue weighted by atomic mass is 9.77. The van der Waals surface area contributed by atoms with Crippen LogP contribution in [0.15, 0.2) is 5.29 Å². The number of hydrogen-bond acceptors (Lipinski definition) is 2. The smallest absolute Gasteiger partial charge is 0.0534 e. The normalized spacial score (nSPS) is 39.8. The minimum atomic E-state index is 0.372. The third kappa shape index (κ3) is 1.56. The molecule has 0 N–H and O–H groups in total. The van der Waals surface area contributed by atoms with E-state index in [4.69, 9.17) is 0 Å². The highest BCUT2D eigenvalue weighted by Gasteiger charge is 2.36. The molecular formula is C10H18N2O. The van der Waals surface area contributed by atoms with E-state index in [0.29, 0.717) is 12.1 Å². The van der Waals surface area contributed by atoms with Gasteiger partial charge in [-0.1, -0.05) is 12.8 Å². The molecule has 0 aromatic carbocycles. The van der Waals surface area contributed by atoms with E-state index in [1.54, 1.807) is 0 Å². The largest absolute Gasteiger partial charge is 0.255 e. The Labute approximate surface area is 79.4 Å². The van der Waals surface area contributed by atoms with Crippen LogP contribution in [0.25, 0.3) is 0 Å². The summed E-state index contributed by atoms with van der Waals surface area (Å²) < 4.78 is 0. The molecule has 1 saturated carbocycles. The van der Waals surface area contributed by atoms with Gasteiger partial charge in [-0.15, -0.1) is 4.91 Å². The second-order valence-corrected chi connectivity index (χ2v) is 4.50. The lowest BCUT2D eigenvalue weighted by Crippen LogP contribution is -2.47. The first kappa shape index (κ1) is 8.97. The molecule has 0 spiro atoms. The first-order chi connectivity index (χ1) is 6.33. The highest BCUT2D eigenvalue weighted by Crippen LogP contribution is 2.37. The van der Waals surface area contributed by atoms with Gasteiger partial charge in [-0.2, -0.15) is 0 Å². The van der Waals surface area contributed by atoms with E-state index in [2.05, 4.69) is 12.2 Å². The molecular weight excluding hydrogens is 164 g/mol. The second-order valence-electron chi connectivity index (χ2n) is 4.50. The van der Waals surface area contributed by atoms with Crippen molar-refractivity contribution in [2.45, 2.75) is 57.5 Å². The van der Waals surface area contributed by atoms with Crippen molar-refractivity contribution >= 4 is 0 Å². The highest BCUT2D eigenvalue weighted by atomic mass is 16.3. The summed E-state index contributed by atoms with van der Waals surface area (Å²) in [5, 5.41) is 5.02. The van der Waals surface area contributed by atoms with Crippen LogP contribution in [0, 0.1) is 10.8 Å². The van der Waals surface area contributed by atoms with Crippen molar-refractivity contribution in [2.75, 3.05) is 0 Å². The molecule has 0 bridgehead atoms. The molecule has 1 aliphatic heterocycles. The van der Waals surface area contributed by atoms with Crippen molar-refractivity contribution in [2.24, 2.45) is 11.2 Å². The molecule has 3 nitrogen and oxygen atoms in total. The Hall–Kier alpha value is -0.600. The maximum absolute atomic E-state index is 10.7. The molecule has 0 radical (unpaired) electrons. The third-order valence-electron chi connectivity index (χ3n) is 3.71. The zero-order valence-corrected chi connectivity index (χ0v) is 8.28. The van der Waals surface area contributed by atoms with Crippen molar-refractivity contribution in [3.8, 4) is 0 Å². The van der Waals surface area contributed by atoms with Crippen LogP contribution in [0.3, 0.4) is 0 Å². The maximum atomic E-state index is 10.7. The molecule has 1 aliphatic carbocycles. The van der Waals surface area contributed by atoms with Gasteiger partial charge in [0, 0.05) is 6.04 Å². The summed E-state index contributed by atoms with van der Waals surface area (Å²) in [5.74, 6) is 0.752. The van der Waals surface area contributed by atoms with Gasteiger partial charge in [0.2, 0.25) is 0 Å². The van der Waals surface area contributed by atoms with Gasteiger partial charge in [-0.25, -0.2) is 0 Å².